The maximum Gasteiger partial charge on any atom is 0.238 e. The Morgan fingerprint density at radius 3 is 3.10 bits per heavy atom. The van der Waals surface area contributed by atoms with Gasteiger partial charge in [0.1, 0.15) is 5.82 Å². The molecule has 1 heterocycles. The summed E-state index contributed by atoms with van der Waals surface area (Å²) in [5, 5.41) is 2.59. The predicted molar refractivity (Wildman–Crippen MR) is 78.9 cm³/mol. The highest BCUT2D eigenvalue weighted by Gasteiger charge is 2.23. The van der Waals surface area contributed by atoms with Gasteiger partial charge in [0.25, 0.3) is 0 Å². The minimum atomic E-state index is -0.460. The standard InChI is InChI=1S/C15H22FN3O/c1-2-3-11-6-7-19(9-11)10-15(20)18-14-8-12(17)4-5-13(14)16/h4-5,8,11H,2-3,6-7,9-10,17H2,1H3,(H,18,20). The van der Waals surface area contributed by atoms with Gasteiger partial charge in [-0.2, -0.15) is 0 Å². The molecule has 1 saturated heterocycles. The molecule has 0 spiro atoms. The van der Waals surface area contributed by atoms with E-state index in [1.807, 2.05) is 0 Å². The second-order valence-corrected chi connectivity index (χ2v) is 5.47. The van der Waals surface area contributed by atoms with Crippen LogP contribution in [-0.4, -0.2) is 30.4 Å². The van der Waals surface area contributed by atoms with Gasteiger partial charge in [0.15, 0.2) is 0 Å². The molecule has 1 fully saturated rings. The van der Waals surface area contributed by atoms with Gasteiger partial charge in [-0.15, -0.1) is 0 Å². The van der Waals surface area contributed by atoms with E-state index in [0.29, 0.717) is 18.2 Å². The maximum absolute atomic E-state index is 13.5. The van der Waals surface area contributed by atoms with Gasteiger partial charge in [-0.25, -0.2) is 4.39 Å². The zero-order chi connectivity index (χ0) is 14.5. The molecule has 0 radical (unpaired) electrons. The molecule has 0 bridgehead atoms. The van der Waals surface area contributed by atoms with Gasteiger partial charge >= 0.3 is 0 Å². The van der Waals surface area contributed by atoms with Gasteiger partial charge in [0.05, 0.1) is 12.2 Å². The monoisotopic (exact) mass is 279 g/mol. The minimum absolute atomic E-state index is 0.152. The number of carbonyl (C=O) groups excluding carboxylic acids is 1. The minimum Gasteiger partial charge on any atom is -0.399 e. The SMILES string of the molecule is CCCC1CCN(CC(=O)Nc2cc(N)ccc2F)C1. The third-order valence-electron chi connectivity index (χ3n) is 3.70. The number of hydrogen-bond donors (Lipinski definition) is 2. The van der Waals surface area contributed by atoms with Crippen molar-refractivity contribution in [3.05, 3.63) is 24.0 Å². The first kappa shape index (κ1) is 14.8. The molecule has 3 N–H and O–H groups in total. The summed E-state index contributed by atoms with van der Waals surface area (Å²) in [4.78, 5) is 14.1. The number of rotatable bonds is 5. The molecule has 1 unspecified atom stereocenters. The van der Waals surface area contributed by atoms with Gasteiger partial charge in [-0.05, 0) is 43.5 Å². The van der Waals surface area contributed by atoms with E-state index in [1.54, 1.807) is 0 Å². The van der Waals surface area contributed by atoms with Gasteiger partial charge in [0.2, 0.25) is 5.91 Å². The first-order valence-corrected chi connectivity index (χ1v) is 7.15. The molecule has 1 amide bonds. The number of nitrogen functional groups attached to an aromatic ring is 1. The first-order valence-electron chi connectivity index (χ1n) is 7.15. The van der Waals surface area contributed by atoms with Crippen molar-refractivity contribution < 1.29 is 9.18 Å². The largest absolute Gasteiger partial charge is 0.399 e. The maximum atomic E-state index is 13.5. The lowest BCUT2D eigenvalue weighted by Gasteiger charge is -2.16. The Balaban J connectivity index is 1.85. The lowest BCUT2D eigenvalue weighted by molar-refractivity contribution is -0.117. The van der Waals surface area contributed by atoms with Crippen molar-refractivity contribution in [1.82, 2.24) is 4.90 Å². The molecule has 20 heavy (non-hydrogen) atoms. The van der Waals surface area contributed by atoms with Gasteiger partial charge in [-0.3, -0.25) is 9.69 Å². The number of nitrogens with one attached hydrogen (secondary N) is 1. The number of nitrogens with two attached hydrogens (primary N) is 1. The summed E-state index contributed by atoms with van der Waals surface area (Å²) in [5.41, 5.74) is 6.18. The fraction of sp³-hybridized carbons (Fsp3) is 0.533. The Morgan fingerprint density at radius 2 is 2.35 bits per heavy atom. The molecule has 1 aliphatic rings. The average molecular weight is 279 g/mol. The van der Waals surface area contributed by atoms with E-state index < -0.39 is 5.82 Å². The molecule has 1 atom stereocenters. The Bertz CT molecular complexity index is 478. The molecular formula is C15H22FN3O. The van der Waals surface area contributed by atoms with E-state index in [4.69, 9.17) is 5.73 Å². The topological polar surface area (TPSA) is 58.4 Å². The number of anilines is 2. The van der Waals surface area contributed by atoms with E-state index in [9.17, 15) is 9.18 Å². The number of benzene rings is 1. The molecule has 1 aromatic rings. The van der Waals surface area contributed by atoms with Gasteiger partial charge in [-0.1, -0.05) is 13.3 Å². The van der Waals surface area contributed by atoms with E-state index in [0.717, 1.165) is 19.5 Å². The van der Waals surface area contributed by atoms with Crippen LogP contribution >= 0.6 is 0 Å². The number of nitrogens with zero attached hydrogens (tertiary/aromatic N) is 1. The predicted octanol–water partition coefficient (Wildman–Crippen LogP) is 2.47. The van der Waals surface area contributed by atoms with E-state index >= 15 is 0 Å². The summed E-state index contributed by atoms with van der Waals surface area (Å²) in [6, 6.07) is 4.18. The van der Waals surface area contributed by atoms with Crippen LogP contribution in [0.1, 0.15) is 26.2 Å². The highest BCUT2D eigenvalue weighted by atomic mass is 19.1. The zero-order valence-electron chi connectivity index (χ0n) is 11.9. The van der Waals surface area contributed by atoms with Crippen LogP contribution in [0.2, 0.25) is 0 Å². The highest BCUT2D eigenvalue weighted by molar-refractivity contribution is 5.92. The van der Waals surface area contributed by atoms with Crippen LogP contribution in [0, 0.1) is 11.7 Å². The molecule has 1 aromatic carbocycles. The van der Waals surface area contributed by atoms with Gasteiger partial charge < -0.3 is 11.1 Å². The second kappa shape index (κ2) is 6.70. The Hall–Kier alpha value is -1.62. The number of halogens is 1. The normalized spacial score (nSPS) is 19.2. The van der Waals surface area contributed by atoms with Crippen LogP contribution in [-0.2, 0) is 4.79 Å². The zero-order valence-corrected chi connectivity index (χ0v) is 11.9. The van der Waals surface area contributed by atoms with Crippen LogP contribution in [0.3, 0.4) is 0 Å². The molecule has 2 rings (SSSR count). The molecular weight excluding hydrogens is 257 g/mol. The molecule has 1 aliphatic heterocycles. The lowest BCUT2D eigenvalue weighted by atomic mass is 10.0. The molecule has 110 valence electrons. The fourth-order valence-corrected chi connectivity index (χ4v) is 2.73. The van der Waals surface area contributed by atoms with Crippen LogP contribution in [0.5, 0.6) is 0 Å². The summed E-state index contributed by atoms with van der Waals surface area (Å²) < 4.78 is 13.5. The van der Waals surface area contributed by atoms with Crippen molar-refractivity contribution in [1.29, 1.82) is 0 Å². The first-order chi connectivity index (χ1) is 9.58. The summed E-state index contributed by atoms with van der Waals surface area (Å²) in [7, 11) is 0. The van der Waals surface area contributed by atoms with E-state index in [2.05, 4.69) is 17.1 Å². The van der Waals surface area contributed by atoms with Crippen molar-refractivity contribution in [2.45, 2.75) is 26.2 Å². The van der Waals surface area contributed by atoms with Crippen LogP contribution in [0.4, 0.5) is 15.8 Å². The van der Waals surface area contributed by atoms with Crippen LogP contribution in [0.15, 0.2) is 18.2 Å². The number of carbonyl (C=O) groups is 1. The Kier molecular flexibility index (Phi) is 4.95. The summed E-state index contributed by atoms with van der Waals surface area (Å²) in [5.74, 6) is 0.0429. The van der Waals surface area contributed by atoms with Crippen molar-refractivity contribution >= 4 is 17.3 Å². The molecule has 4 nitrogen and oxygen atoms in total. The number of amides is 1. The Morgan fingerprint density at radius 1 is 1.55 bits per heavy atom. The van der Waals surface area contributed by atoms with E-state index in [1.165, 1.54) is 31.0 Å². The third kappa shape index (κ3) is 3.93. The van der Waals surface area contributed by atoms with Gasteiger partial charge in [0, 0.05) is 12.2 Å². The van der Waals surface area contributed by atoms with Crippen molar-refractivity contribution in [2.24, 2.45) is 5.92 Å². The molecule has 0 aromatic heterocycles. The number of likely N-dealkylation sites (tertiary alicyclic amines) is 1. The second-order valence-electron chi connectivity index (χ2n) is 5.47. The quantitative estimate of drug-likeness (QED) is 0.814. The lowest BCUT2D eigenvalue weighted by Crippen LogP contribution is -2.31. The van der Waals surface area contributed by atoms with Crippen molar-refractivity contribution in [3.63, 3.8) is 0 Å². The van der Waals surface area contributed by atoms with E-state index in [-0.39, 0.29) is 11.6 Å². The smallest absolute Gasteiger partial charge is 0.238 e. The van der Waals surface area contributed by atoms with Crippen molar-refractivity contribution in [2.75, 3.05) is 30.7 Å². The third-order valence-corrected chi connectivity index (χ3v) is 3.70. The summed E-state index contributed by atoms with van der Waals surface area (Å²) >= 11 is 0. The fourth-order valence-electron chi connectivity index (χ4n) is 2.73. The highest BCUT2D eigenvalue weighted by Crippen LogP contribution is 2.21. The molecule has 0 saturated carbocycles. The van der Waals surface area contributed by atoms with Crippen molar-refractivity contribution in [3.8, 4) is 0 Å². The number of hydrogen-bond acceptors (Lipinski definition) is 3. The summed E-state index contributed by atoms with van der Waals surface area (Å²) in [6.07, 6.45) is 3.54. The summed E-state index contributed by atoms with van der Waals surface area (Å²) in [6.45, 7) is 4.39. The van der Waals surface area contributed by atoms with Crippen LogP contribution < -0.4 is 11.1 Å². The average Bonchev–Trinajstić information content (AvgIpc) is 2.81. The van der Waals surface area contributed by atoms with Crippen LogP contribution in [0.25, 0.3) is 0 Å². The molecule has 0 aliphatic carbocycles. The molecule has 5 heteroatoms. The Labute approximate surface area is 119 Å².